The monoisotopic (exact) mass is 513 g/mol. The van der Waals surface area contributed by atoms with Crippen molar-refractivity contribution in [3.05, 3.63) is 94.4 Å². The van der Waals surface area contributed by atoms with Gasteiger partial charge in [0.1, 0.15) is 13.2 Å². The van der Waals surface area contributed by atoms with Crippen molar-refractivity contribution in [1.82, 2.24) is 4.90 Å². The van der Waals surface area contributed by atoms with Crippen LogP contribution < -0.4 is 14.8 Å². The summed E-state index contributed by atoms with van der Waals surface area (Å²) in [5.41, 5.74) is 2.50. The summed E-state index contributed by atoms with van der Waals surface area (Å²) >= 11 is 0.776. The van der Waals surface area contributed by atoms with Crippen LogP contribution in [0.2, 0.25) is 0 Å². The van der Waals surface area contributed by atoms with Crippen molar-refractivity contribution in [2.24, 2.45) is 0 Å². The third-order valence-electron chi connectivity index (χ3n) is 5.32. The molecule has 1 aliphatic rings. The summed E-state index contributed by atoms with van der Waals surface area (Å²) < 4.78 is 11.6. The van der Waals surface area contributed by atoms with Gasteiger partial charge in [0, 0.05) is 11.3 Å². The lowest BCUT2D eigenvalue weighted by atomic mass is 10.1. The van der Waals surface area contributed by atoms with Crippen LogP contribution in [-0.2, 0) is 16.2 Å². The SMILES string of the molecule is CCOc1cc(/C=C2/SC(=O)N(CC(=O)Nc3ccccc3)C2=O)ccc1OCc1ccccc1C#N. The highest BCUT2D eigenvalue weighted by molar-refractivity contribution is 8.18. The maximum Gasteiger partial charge on any atom is 0.294 e. The highest BCUT2D eigenvalue weighted by Gasteiger charge is 2.36. The van der Waals surface area contributed by atoms with Gasteiger partial charge in [-0.05, 0) is 60.7 Å². The molecule has 1 N–H and O–H groups in total. The van der Waals surface area contributed by atoms with E-state index in [4.69, 9.17) is 9.47 Å². The summed E-state index contributed by atoms with van der Waals surface area (Å²) in [5, 5.41) is 11.4. The molecule has 3 aromatic rings. The minimum absolute atomic E-state index is 0.188. The fourth-order valence-electron chi connectivity index (χ4n) is 3.57. The molecular formula is C28H23N3O5S. The van der Waals surface area contributed by atoms with Crippen molar-refractivity contribution < 1.29 is 23.9 Å². The van der Waals surface area contributed by atoms with Crippen molar-refractivity contribution in [3.63, 3.8) is 0 Å². The molecule has 186 valence electrons. The van der Waals surface area contributed by atoms with E-state index in [1.807, 2.05) is 25.1 Å². The summed E-state index contributed by atoms with van der Waals surface area (Å²) in [6, 6.07) is 23.3. The van der Waals surface area contributed by atoms with Crippen LogP contribution in [0, 0.1) is 11.3 Å². The van der Waals surface area contributed by atoms with E-state index < -0.39 is 17.1 Å². The predicted molar refractivity (Wildman–Crippen MR) is 141 cm³/mol. The maximum absolute atomic E-state index is 12.9. The van der Waals surface area contributed by atoms with Gasteiger partial charge in [-0.25, -0.2) is 0 Å². The lowest BCUT2D eigenvalue weighted by Gasteiger charge is -2.13. The van der Waals surface area contributed by atoms with Gasteiger partial charge in [0.15, 0.2) is 11.5 Å². The Hall–Kier alpha value is -4.55. The van der Waals surface area contributed by atoms with E-state index in [0.29, 0.717) is 34.9 Å². The third-order valence-corrected chi connectivity index (χ3v) is 6.23. The lowest BCUT2D eigenvalue weighted by Crippen LogP contribution is -2.36. The van der Waals surface area contributed by atoms with Gasteiger partial charge in [-0.15, -0.1) is 0 Å². The van der Waals surface area contributed by atoms with Gasteiger partial charge in [-0.3, -0.25) is 19.3 Å². The Labute approximate surface area is 218 Å². The zero-order chi connectivity index (χ0) is 26.2. The standard InChI is InChI=1S/C28H23N3O5S/c1-2-35-24-14-19(12-13-23(24)36-18-21-9-7-6-8-20(21)16-29)15-25-27(33)31(28(34)37-25)17-26(32)30-22-10-4-3-5-11-22/h3-15H,2,17-18H2,1H3,(H,30,32)/b25-15+. The first-order chi connectivity index (χ1) is 18.0. The molecule has 9 heteroatoms. The summed E-state index contributed by atoms with van der Waals surface area (Å²) in [6.45, 7) is 2.04. The van der Waals surface area contributed by atoms with Gasteiger partial charge in [-0.2, -0.15) is 5.26 Å². The second-order valence-corrected chi connectivity index (χ2v) is 8.87. The largest absolute Gasteiger partial charge is 0.490 e. The molecule has 0 unspecified atom stereocenters. The molecular weight excluding hydrogens is 490 g/mol. The Bertz CT molecular complexity index is 1400. The average Bonchev–Trinajstić information content (AvgIpc) is 3.16. The number of hydrogen-bond donors (Lipinski definition) is 1. The molecule has 0 spiro atoms. The number of thioether (sulfide) groups is 1. The summed E-state index contributed by atoms with van der Waals surface area (Å²) in [7, 11) is 0. The number of nitrogens with one attached hydrogen (secondary N) is 1. The number of benzene rings is 3. The topological polar surface area (TPSA) is 109 Å². The van der Waals surface area contributed by atoms with E-state index in [9.17, 15) is 19.6 Å². The Balaban J connectivity index is 1.46. The third kappa shape index (κ3) is 6.37. The molecule has 1 saturated heterocycles. The van der Waals surface area contributed by atoms with Crippen LogP contribution in [0.5, 0.6) is 11.5 Å². The van der Waals surface area contributed by atoms with Crippen LogP contribution in [-0.4, -0.2) is 35.1 Å². The van der Waals surface area contributed by atoms with Crippen LogP contribution in [0.25, 0.3) is 6.08 Å². The zero-order valence-corrected chi connectivity index (χ0v) is 20.8. The molecule has 1 aliphatic heterocycles. The molecule has 0 radical (unpaired) electrons. The molecule has 1 heterocycles. The Morgan fingerprint density at radius 1 is 1.03 bits per heavy atom. The number of amides is 3. The fraction of sp³-hybridized carbons (Fsp3) is 0.143. The second-order valence-electron chi connectivity index (χ2n) is 7.88. The number of nitrogens with zero attached hydrogens (tertiary/aromatic N) is 2. The highest BCUT2D eigenvalue weighted by Crippen LogP contribution is 2.35. The molecule has 0 bridgehead atoms. The van der Waals surface area contributed by atoms with Crippen molar-refractivity contribution >= 4 is 40.6 Å². The Morgan fingerprint density at radius 3 is 2.54 bits per heavy atom. The fourth-order valence-corrected chi connectivity index (χ4v) is 4.40. The molecule has 3 amide bonds. The molecule has 4 rings (SSSR count). The van der Waals surface area contributed by atoms with Crippen LogP contribution in [0.3, 0.4) is 0 Å². The Kier molecular flexibility index (Phi) is 8.23. The van der Waals surface area contributed by atoms with Crippen LogP contribution in [0.4, 0.5) is 10.5 Å². The molecule has 1 fully saturated rings. The first kappa shape index (κ1) is 25.5. The molecule has 0 aliphatic carbocycles. The number of nitriles is 1. The minimum atomic E-state index is -0.537. The number of hydrogen-bond acceptors (Lipinski definition) is 7. The van der Waals surface area contributed by atoms with Crippen molar-refractivity contribution in [2.75, 3.05) is 18.5 Å². The van der Waals surface area contributed by atoms with Gasteiger partial charge in [0.25, 0.3) is 11.1 Å². The molecule has 0 aromatic heterocycles. The van der Waals surface area contributed by atoms with Gasteiger partial charge in [0.05, 0.1) is 23.1 Å². The van der Waals surface area contributed by atoms with E-state index in [-0.39, 0.29) is 18.1 Å². The number of rotatable bonds is 9. The minimum Gasteiger partial charge on any atom is -0.490 e. The second kappa shape index (κ2) is 11.9. The molecule has 3 aromatic carbocycles. The van der Waals surface area contributed by atoms with Crippen LogP contribution in [0.1, 0.15) is 23.6 Å². The summed E-state index contributed by atoms with van der Waals surface area (Å²) in [4.78, 5) is 38.8. The van der Waals surface area contributed by atoms with Gasteiger partial charge in [0.2, 0.25) is 5.91 Å². The van der Waals surface area contributed by atoms with Gasteiger partial charge in [-0.1, -0.05) is 42.5 Å². The molecule has 8 nitrogen and oxygen atoms in total. The zero-order valence-electron chi connectivity index (χ0n) is 20.0. The predicted octanol–water partition coefficient (Wildman–Crippen LogP) is 5.21. The van der Waals surface area contributed by atoms with E-state index in [0.717, 1.165) is 22.2 Å². The molecule has 37 heavy (non-hydrogen) atoms. The first-order valence-corrected chi connectivity index (χ1v) is 12.3. The highest BCUT2D eigenvalue weighted by atomic mass is 32.2. The Morgan fingerprint density at radius 2 is 1.78 bits per heavy atom. The number of carbonyl (C=O) groups excluding carboxylic acids is 3. The normalized spacial score (nSPS) is 13.9. The molecule has 0 saturated carbocycles. The number of ether oxygens (including phenoxy) is 2. The van der Waals surface area contributed by atoms with Gasteiger partial charge >= 0.3 is 0 Å². The number of para-hydroxylation sites is 1. The van der Waals surface area contributed by atoms with Crippen molar-refractivity contribution in [1.29, 1.82) is 5.26 Å². The van der Waals surface area contributed by atoms with Crippen molar-refractivity contribution in [2.45, 2.75) is 13.5 Å². The quantitative estimate of drug-likeness (QED) is 0.391. The summed E-state index contributed by atoms with van der Waals surface area (Å²) in [5.74, 6) is -0.0537. The van der Waals surface area contributed by atoms with Gasteiger partial charge < -0.3 is 14.8 Å². The van der Waals surface area contributed by atoms with E-state index in [1.54, 1.807) is 60.7 Å². The number of imide groups is 1. The lowest BCUT2D eigenvalue weighted by molar-refractivity contribution is -0.127. The van der Waals surface area contributed by atoms with Crippen molar-refractivity contribution in [3.8, 4) is 17.6 Å². The van der Waals surface area contributed by atoms with E-state index in [2.05, 4.69) is 11.4 Å². The number of carbonyl (C=O) groups is 3. The first-order valence-electron chi connectivity index (χ1n) is 11.5. The maximum atomic E-state index is 12.9. The summed E-state index contributed by atoms with van der Waals surface area (Å²) in [6.07, 6.45) is 1.58. The van der Waals surface area contributed by atoms with E-state index >= 15 is 0 Å². The van der Waals surface area contributed by atoms with Crippen LogP contribution >= 0.6 is 11.8 Å². The average molecular weight is 514 g/mol. The van der Waals surface area contributed by atoms with Crippen LogP contribution in [0.15, 0.2) is 77.7 Å². The smallest absolute Gasteiger partial charge is 0.294 e. The molecule has 0 atom stereocenters. The number of anilines is 1. The van der Waals surface area contributed by atoms with E-state index in [1.165, 1.54) is 0 Å².